The fourth-order valence-electron chi connectivity index (χ4n) is 3.30. The predicted molar refractivity (Wildman–Crippen MR) is 120 cm³/mol. The fourth-order valence-corrected chi connectivity index (χ4v) is 3.30. The van der Waals surface area contributed by atoms with Crippen LogP contribution >= 0.6 is 0 Å². The average molecular weight is 408 g/mol. The fraction of sp³-hybridized carbons (Fsp3) is 0.333. The zero-order valence-electron chi connectivity index (χ0n) is 17.4. The number of hydrogen-bond donors (Lipinski definition) is 2. The van der Waals surface area contributed by atoms with Crippen LogP contribution in [0.3, 0.4) is 0 Å². The number of benzene rings is 2. The number of nitrogens with one attached hydrogen (secondary N) is 2. The van der Waals surface area contributed by atoms with Gasteiger partial charge in [-0.25, -0.2) is 0 Å². The molecule has 0 atom stereocenters. The number of carbonyl (C=O) groups is 2. The lowest BCUT2D eigenvalue weighted by Crippen LogP contribution is -2.37. The maximum Gasteiger partial charge on any atom is 0.253 e. The summed E-state index contributed by atoms with van der Waals surface area (Å²) in [6, 6.07) is 14.5. The van der Waals surface area contributed by atoms with Crippen molar-refractivity contribution in [3.05, 3.63) is 66.7 Å². The van der Waals surface area contributed by atoms with Gasteiger partial charge in [0.15, 0.2) is 0 Å². The van der Waals surface area contributed by atoms with Crippen LogP contribution in [-0.4, -0.2) is 43.0 Å². The van der Waals surface area contributed by atoms with Gasteiger partial charge in [-0.15, -0.1) is 0 Å². The molecule has 2 aromatic rings. The van der Waals surface area contributed by atoms with Gasteiger partial charge in [0.05, 0.1) is 6.54 Å². The molecule has 0 unspecified atom stereocenters. The lowest BCUT2D eigenvalue weighted by molar-refractivity contribution is -0.114. The Morgan fingerprint density at radius 1 is 1.07 bits per heavy atom. The molecule has 1 saturated heterocycles. The van der Waals surface area contributed by atoms with E-state index < -0.39 is 0 Å². The lowest BCUT2D eigenvalue weighted by atomic mass is 9.98. The van der Waals surface area contributed by atoms with Crippen LogP contribution in [0.4, 0.5) is 11.4 Å². The van der Waals surface area contributed by atoms with E-state index in [1.54, 1.807) is 30.3 Å². The van der Waals surface area contributed by atoms with Crippen LogP contribution in [0.5, 0.6) is 5.75 Å². The van der Waals surface area contributed by atoms with Crippen molar-refractivity contribution in [2.45, 2.75) is 19.8 Å². The standard InChI is InChI=1S/C24H29N3O3/c1-3-16-30-22-10-8-21(9-11-22)26-23(28)17-25-20-6-4-19(5-7-20)24(29)27-14-12-18(2)13-15-27/h3-11,18,25H,1,12-17H2,2H3,(H,26,28). The Morgan fingerprint density at radius 3 is 2.33 bits per heavy atom. The third kappa shape index (κ3) is 6.11. The minimum atomic E-state index is -0.155. The lowest BCUT2D eigenvalue weighted by Gasteiger charge is -2.30. The first-order valence-electron chi connectivity index (χ1n) is 10.3. The molecule has 0 aliphatic carbocycles. The smallest absolute Gasteiger partial charge is 0.253 e. The number of likely N-dealkylation sites (tertiary alicyclic amines) is 1. The normalized spacial score (nSPS) is 14.1. The summed E-state index contributed by atoms with van der Waals surface area (Å²) < 4.78 is 5.42. The first-order valence-corrected chi connectivity index (χ1v) is 10.3. The average Bonchev–Trinajstić information content (AvgIpc) is 2.77. The quantitative estimate of drug-likeness (QED) is 0.644. The van der Waals surface area contributed by atoms with Crippen LogP contribution in [0.25, 0.3) is 0 Å². The Labute approximate surface area is 177 Å². The molecule has 2 N–H and O–H groups in total. The summed E-state index contributed by atoms with van der Waals surface area (Å²) in [6.07, 6.45) is 3.80. The Bertz CT molecular complexity index is 854. The van der Waals surface area contributed by atoms with Gasteiger partial charge in [0.1, 0.15) is 12.4 Å². The topological polar surface area (TPSA) is 70.7 Å². The number of amides is 2. The maximum atomic E-state index is 12.6. The van der Waals surface area contributed by atoms with Crippen molar-refractivity contribution in [3.63, 3.8) is 0 Å². The van der Waals surface area contributed by atoms with Crippen molar-refractivity contribution in [1.29, 1.82) is 0 Å². The van der Waals surface area contributed by atoms with E-state index in [0.717, 1.165) is 37.4 Å². The Kier molecular flexibility index (Phi) is 7.49. The minimum absolute atomic E-state index is 0.0757. The molecule has 1 aliphatic heterocycles. The van der Waals surface area contributed by atoms with Gasteiger partial charge in [0.2, 0.25) is 5.91 Å². The highest BCUT2D eigenvalue weighted by Crippen LogP contribution is 2.19. The van der Waals surface area contributed by atoms with Crippen LogP contribution in [0.1, 0.15) is 30.1 Å². The number of anilines is 2. The maximum absolute atomic E-state index is 12.6. The molecule has 1 aliphatic rings. The molecule has 6 nitrogen and oxygen atoms in total. The van der Waals surface area contributed by atoms with Crippen molar-refractivity contribution in [2.24, 2.45) is 5.92 Å². The van der Waals surface area contributed by atoms with Crippen molar-refractivity contribution in [2.75, 3.05) is 36.9 Å². The second-order valence-electron chi connectivity index (χ2n) is 7.58. The van der Waals surface area contributed by atoms with E-state index in [4.69, 9.17) is 4.74 Å². The van der Waals surface area contributed by atoms with E-state index in [-0.39, 0.29) is 18.4 Å². The predicted octanol–water partition coefficient (Wildman–Crippen LogP) is 4.17. The van der Waals surface area contributed by atoms with E-state index in [9.17, 15) is 9.59 Å². The largest absolute Gasteiger partial charge is 0.490 e. The summed E-state index contributed by atoms with van der Waals surface area (Å²) in [7, 11) is 0. The summed E-state index contributed by atoms with van der Waals surface area (Å²) in [5, 5.41) is 5.92. The van der Waals surface area contributed by atoms with E-state index in [0.29, 0.717) is 23.8 Å². The molecule has 158 valence electrons. The molecule has 30 heavy (non-hydrogen) atoms. The number of hydrogen-bond acceptors (Lipinski definition) is 4. The molecule has 0 saturated carbocycles. The van der Waals surface area contributed by atoms with Crippen LogP contribution in [-0.2, 0) is 4.79 Å². The molecule has 0 radical (unpaired) electrons. The summed E-state index contributed by atoms with van der Waals surface area (Å²) in [6.45, 7) is 8.05. The highest BCUT2D eigenvalue weighted by molar-refractivity contribution is 5.95. The molecular formula is C24H29N3O3. The molecule has 1 fully saturated rings. The molecule has 0 spiro atoms. The van der Waals surface area contributed by atoms with Gasteiger partial charge in [-0.1, -0.05) is 19.6 Å². The first kappa shape index (κ1) is 21.4. The van der Waals surface area contributed by atoms with Gasteiger partial charge in [0, 0.05) is 30.0 Å². The number of piperidine rings is 1. The van der Waals surface area contributed by atoms with E-state index in [2.05, 4.69) is 24.1 Å². The third-order valence-corrected chi connectivity index (χ3v) is 5.16. The highest BCUT2D eigenvalue weighted by atomic mass is 16.5. The molecule has 2 amide bonds. The summed E-state index contributed by atoms with van der Waals surface area (Å²) in [5.41, 5.74) is 2.17. The van der Waals surface area contributed by atoms with Crippen molar-refractivity contribution in [1.82, 2.24) is 4.90 Å². The highest BCUT2D eigenvalue weighted by Gasteiger charge is 2.21. The van der Waals surface area contributed by atoms with Gasteiger partial charge in [-0.3, -0.25) is 9.59 Å². The first-order chi connectivity index (χ1) is 14.5. The van der Waals surface area contributed by atoms with Gasteiger partial charge in [0.25, 0.3) is 5.91 Å². The Balaban J connectivity index is 1.45. The van der Waals surface area contributed by atoms with E-state index in [1.165, 1.54) is 0 Å². The van der Waals surface area contributed by atoms with Crippen LogP contribution in [0.2, 0.25) is 0 Å². The van der Waals surface area contributed by atoms with Gasteiger partial charge in [-0.05, 0) is 67.3 Å². The van der Waals surface area contributed by atoms with Crippen molar-refractivity contribution >= 4 is 23.2 Å². The van der Waals surface area contributed by atoms with E-state index in [1.807, 2.05) is 29.2 Å². The van der Waals surface area contributed by atoms with Crippen LogP contribution in [0, 0.1) is 5.92 Å². The molecule has 0 aromatic heterocycles. The molecule has 1 heterocycles. The number of carbonyl (C=O) groups excluding carboxylic acids is 2. The summed E-state index contributed by atoms with van der Waals surface area (Å²) in [4.78, 5) is 26.7. The summed E-state index contributed by atoms with van der Waals surface area (Å²) >= 11 is 0. The van der Waals surface area contributed by atoms with Gasteiger partial charge in [-0.2, -0.15) is 0 Å². The molecular weight excluding hydrogens is 378 g/mol. The molecule has 6 heteroatoms. The Hall–Kier alpha value is -3.28. The van der Waals surface area contributed by atoms with Crippen molar-refractivity contribution < 1.29 is 14.3 Å². The third-order valence-electron chi connectivity index (χ3n) is 5.16. The SMILES string of the molecule is C=CCOc1ccc(NC(=O)CNc2ccc(C(=O)N3CCC(C)CC3)cc2)cc1. The second kappa shape index (κ2) is 10.5. The van der Waals surface area contributed by atoms with Crippen LogP contribution in [0.15, 0.2) is 61.2 Å². The minimum Gasteiger partial charge on any atom is -0.490 e. The van der Waals surface area contributed by atoms with Gasteiger partial charge >= 0.3 is 0 Å². The molecule has 0 bridgehead atoms. The monoisotopic (exact) mass is 407 g/mol. The number of rotatable bonds is 8. The van der Waals surface area contributed by atoms with E-state index >= 15 is 0 Å². The van der Waals surface area contributed by atoms with Crippen molar-refractivity contribution in [3.8, 4) is 5.75 Å². The Morgan fingerprint density at radius 2 is 1.70 bits per heavy atom. The summed E-state index contributed by atoms with van der Waals surface area (Å²) in [5.74, 6) is 1.33. The number of ether oxygens (including phenoxy) is 1. The van der Waals surface area contributed by atoms with Gasteiger partial charge < -0.3 is 20.3 Å². The van der Waals surface area contributed by atoms with Crippen LogP contribution < -0.4 is 15.4 Å². The molecule has 2 aromatic carbocycles. The zero-order chi connectivity index (χ0) is 21.3. The second-order valence-corrected chi connectivity index (χ2v) is 7.58. The zero-order valence-corrected chi connectivity index (χ0v) is 17.4. The molecule has 3 rings (SSSR count). The number of nitrogens with zero attached hydrogens (tertiary/aromatic N) is 1.